The minimum absolute atomic E-state index is 0.0119. The second-order valence-electron chi connectivity index (χ2n) is 12.5. The van der Waals surface area contributed by atoms with Crippen molar-refractivity contribution in [1.29, 1.82) is 0 Å². The van der Waals surface area contributed by atoms with E-state index in [2.05, 4.69) is 87.5 Å². The van der Waals surface area contributed by atoms with Gasteiger partial charge in [-0.2, -0.15) is 0 Å². The van der Waals surface area contributed by atoms with Gasteiger partial charge in [0, 0.05) is 16.0 Å². The van der Waals surface area contributed by atoms with E-state index in [9.17, 15) is 0 Å². The third kappa shape index (κ3) is 6.75. The summed E-state index contributed by atoms with van der Waals surface area (Å²) >= 11 is 1.85. The highest BCUT2D eigenvalue weighted by molar-refractivity contribution is 7.99. The van der Waals surface area contributed by atoms with Gasteiger partial charge in [0.05, 0.1) is 19.8 Å². The first-order valence-corrected chi connectivity index (χ1v) is 15.4. The summed E-state index contributed by atoms with van der Waals surface area (Å²) in [5.41, 5.74) is 2.74. The quantitative estimate of drug-likeness (QED) is 0.398. The van der Waals surface area contributed by atoms with E-state index >= 15 is 0 Å². The summed E-state index contributed by atoms with van der Waals surface area (Å²) in [4.78, 5) is 1.27. The highest BCUT2D eigenvalue weighted by Gasteiger charge is 2.38. The molecule has 1 aromatic rings. The molecule has 0 saturated carbocycles. The van der Waals surface area contributed by atoms with E-state index in [1.807, 2.05) is 11.8 Å². The van der Waals surface area contributed by atoms with Crippen LogP contribution in [0.4, 0.5) is 0 Å². The molecule has 1 fully saturated rings. The topological polar surface area (TPSA) is 27.7 Å². The van der Waals surface area contributed by atoms with Crippen LogP contribution in [-0.4, -0.2) is 33.6 Å². The average Bonchev–Trinajstić information content (AvgIpc) is 3.04. The van der Waals surface area contributed by atoms with Crippen molar-refractivity contribution in [2.24, 2.45) is 0 Å². The maximum absolute atomic E-state index is 6.42. The fourth-order valence-electron chi connectivity index (χ4n) is 3.56. The van der Waals surface area contributed by atoms with Crippen LogP contribution >= 0.6 is 11.8 Å². The average molecular weight is 467 g/mol. The molecule has 0 amide bonds. The molecular formula is C26H46O3SSi. The molecule has 1 aromatic carbocycles. The molecule has 0 spiro atoms. The minimum Gasteiger partial charge on any atom is -0.496 e. The van der Waals surface area contributed by atoms with Crippen LogP contribution < -0.4 is 4.74 Å². The molecule has 178 valence electrons. The molecular weight excluding hydrogens is 420 g/mol. The number of thioether (sulfide) groups is 1. The Balaban J connectivity index is 2.17. The van der Waals surface area contributed by atoms with Crippen LogP contribution in [0, 0.1) is 0 Å². The summed E-state index contributed by atoms with van der Waals surface area (Å²) in [5, 5.41) is 0.232. The highest BCUT2D eigenvalue weighted by atomic mass is 32.2. The van der Waals surface area contributed by atoms with E-state index in [0.29, 0.717) is 0 Å². The Morgan fingerprint density at radius 1 is 0.935 bits per heavy atom. The van der Waals surface area contributed by atoms with E-state index in [4.69, 9.17) is 13.9 Å². The molecule has 0 N–H and O–H groups in total. The largest absolute Gasteiger partial charge is 0.496 e. The summed E-state index contributed by atoms with van der Waals surface area (Å²) in [6.07, 6.45) is 2.34. The minimum atomic E-state index is -1.74. The zero-order valence-electron chi connectivity index (χ0n) is 22.1. The lowest BCUT2D eigenvalue weighted by Crippen LogP contribution is -2.42. The summed E-state index contributed by atoms with van der Waals surface area (Å²) < 4.78 is 18.7. The number of rotatable bonds is 6. The Labute approximate surface area is 197 Å². The van der Waals surface area contributed by atoms with Crippen molar-refractivity contribution in [2.75, 3.05) is 13.7 Å². The molecule has 2 rings (SSSR count). The molecule has 1 aliphatic heterocycles. The molecule has 5 heteroatoms. The first-order valence-electron chi connectivity index (χ1n) is 11.6. The second-order valence-corrected chi connectivity index (χ2v) is 18.5. The number of hydrogen-bond acceptors (Lipinski definition) is 4. The van der Waals surface area contributed by atoms with Crippen LogP contribution in [-0.2, 0) is 20.0 Å². The summed E-state index contributed by atoms with van der Waals surface area (Å²) in [6, 6.07) is 4.61. The SMILES string of the molecule is COc1c(C(C)(C)C)cc(SC2CC[C@@H](CO[Si](C)(C)C(C)(C)C)O2)cc1C(C)(C)C. The predicted molar refractivity (Wildman–Crippen MR) is 137 cm³/mol. The van der Waals surface area contributed by atoms with Crippen LogP contribution in [0.2, 0.25) is 18.1 Å². The summed E-state index contributed by atoms with van der Waals surface area (Å²) in [6.45, 7) is 25.7. The number of methoxy groups -OCH3 is 1. The Kier molecular flexibility index (Phi) is 8.11. The molecule has 31 heavy (non-hydrogen) atoms. The molecule has 1 heterocycles. The Morgan fingerprint density at radius 3 is 1.87 bits per heavy atom. The monoisotopic (exact) mass is 466 g/mol. The van der Waals surface area contributed by atoms with Gasteiger partial charge in [-0.15, -0.1) is 0 Å². The van der Waals surface area contributed by atoms with Gasteiger partial charge < -0.3 is 13.9 Å². The molecule has 1 saturated heterocycles. The Bertz CT molecular complexity index is 718. The zero-order chi connectivity index (χ0) is 23.8. The van der Waals surface area contributed by atoms with Crippen LogP contribution in [0.25, 0.3) is 0 Å². The maximum atomic E-state index is 6.42. The van der Waals surface area contributed by atoms with Crippen molar-refractivity contribution >= 4 is 20.1 Å². The van der Waals surface area contributed by atoms with E-state index in [0.717, 1.165) is 25.2 Å². The van der Waals surface area contributed by atoms with Crippen molar-refractivity contribution in [3.8, 4) is 5.75 Å². The predicted octanol–water partition coefficient (Wildman–Crippen LogP) is 7.91. The lowest BCUT2D eigenvalue weighted by atomic mass is 9.79. The lowest BCUT2D eigenvalue weighted by Gasteiger charge is -2.36. The van der Waals surface area contributed by atoms with Crippen molar-refractivity contribution in [1.82, 2.24) is 0 Å². The summed E-state index contributed by atoms with van der Waals surface area (Å²) in [5.74, 6) is 1.03. The van der Waals surface area contributed by atoms with Gasteiger partial charge in [0.2, 0.25) is 0 Å². The van der Waals surface area contributed by atoms with Crippen molar-refractivity contribution in [3.05, 3.63) is 23.3 Å². The van der Waals surface area contributed by atoms with Gasteiger partial charge in [0.15, 0.2) is 8.32 Å². The Hall–Kier alpha value is -0.493. The van der Waals surface area contributed by atoms with Gasteiger partial charge in [-0.25, -0.2) is 0 Å². The first kappa shape index (κ1) is 26.8. The van der Waals surface area contributed by atoms with Crippen LogP contribution in [0.3, 0.4) is 0 Å². The third-order valence-corrected chi connectivity index (χ3v) is 12.3. The molecule has 0 radical (unpaired) electrons. The first-order chi connectivity index (χ1) is 14.0. The van der Waals surface area contributed by atoms with Gasteiger partial charge in [-0.05, 0) is 53.9 Å². The van der Waals surface area contributed by atoms with Crippen molar-refractivity contribution in [2.45, 2.75) is 121 Å². The van der Waals surface area contributed by atoms with E-state index in [1.165, 1.54) is 16.0 Å². The maximum Gasteiger partial charge on any atom is 0.192 e. The fourth-order valence-corrected chi connectivity index (χ4v) is 5.73. The molecule has 0 bridgehead atoms. The normalized spacial score (nSPS) is 20.9. The summed E-state index contributed by atoms with van der Waals surface area (Å²) in [7, 11) is 0.0546. The highest BCUT2D eigenvalue weighted by Crippen LogP contribution is 2.44. The van der Waals surface area contributed by atoms with E-state index < -0.39 is 8.32 Å². The van der Waals surface area contributed by atoms with Gasteiger partial charge in [0.1, 0.15) is 11.2 Å². The molecule has 1 aliphatic rings. The van der Waals surface area contributed by atoms with Gasteiger partial charge >= 0.3 is 0 Å². The third-order valence-electron chi connectivity index (χ3n) is 6.65. The van der Waals surface area contributed by atoms with Crippen molar-refractivity contribution in [3.63, 3.8) is 0 Å². The standard InChI is InChI=1S/C26H46O3SSi/c1-24(2,3)20-15-19(16-21(23(20)27-10)25(4,5)6)30-22-14-13-18(29-22)17-28-31(11,12)26(7,8)9/h15-16,18,22H,13-14,17H2,1-12H3/t18-,22?/m0/s1. The molecule has 1 unspecified atom stereocenters. The van der Waals surface area contributed by atoms with Gasteiger partial charge in [-0.1, -0.05) is 74.1 Å². The van der Waals surface area contributed by atoms with E-state index in [1.54, 1.807) is 7.11 Å². The van der Waals surface area contributed by atoms with E-state index in [-0.39, 0.29) is 27.4 Å². The smallest absolute Gasteiger partial charge is 0.192 e. The Morgan fingerprint density at radius 2 is 1.45 bits per heavy atom. The molecule has 0 aliphatic carbocycles. The van der Waals surface area contributed by atoms with Crippen LogP contribution in [0.15, 0.2) is 17.0 Å². The lowest BCUT2D eigenvalue weighted by molar-refractivity contribution is 0.0499. The number of ether oxygens (including phenoxy) is 2. The molecule has 2 atom stereocenters. The molecule has 3 nitrogen and oxygen atoms in total. The van der Waals surface area contributed by atoms with Gasteiger partial charge in [-0.3, -0.25) is 0 Å². The van der Waals surface area contributed by atoms with Crippen LogP contribution in [0.5, 0.6) is 5.75 Å². The second kappa shape index (κ2) is 9.40. The fraction of sp³-hybridized carbons (Fsp3) is 0.769. The van der Waals surface area contributed by atoms with Crippen LogP contribution in [0.1, 0.15) is 86.3 Å². The molecule has 0 aromatic heterocycles. The van der Waals surface area contributed by atoms with Crippen molar-refractivity contribution < 1.29 is 13.9 Å². The number of hydrogen-bond donors (Lipinski definition) is 0. The number of benzene rings is 1. The van der Waals surface area contributed by atoms with Gasteiger partial charge in [0.25, 0.3) is 0 Å². The zero-order valence-corrected chi connectivity index (χ0v) is 23.9.